The fourth-order valence-electron chi connectivity index (χ4n) is 3.69. The van der Waals surface area contributed by atoms with Gasteiger partial charge in [-0.15, -0.1) is 0 Å². The predicted octanol–water partition coefficient (Wildman–Crippen LogP) is 2.48. The maximum atomic E-state index is 13.5. The Balaban J connectivity index is 1.88. The van der Waals surface area contributed by atoms with E-state index >= 15 is 0 Å². The largest absolute Gasteiger partial charge is 0.369 e. The van der Waals surface area contributed by atoms with Crippen molar-refractivity contribution >= 4 is 27.5 Å². The predicted molar refractivity (Wildman–Crippen MR) is 120 cm³/mol. The lowest BCUT2D eigenvalue weighted by atomic mass is 9.96. The van der Waals surface area contributed by atoms with Crippen LogP contribution in [0.1, 0.15) is 30.9 Å². The molecule has 31 heavy (non-hydrogen) atoms. The Labute approximate surface area is 183 Å². The molecular weight excluding hydrogens is 414 g/mol. The summed E-state index contributed by atoms with van der Waals surface area (Å²) in [4.78, 5) is 26.2. The van der Waals surface area contributed by atoms with Crippen molar-refractivity contribution in [2.24, 2.45) is 11.7 Å². The molecule has 2 aromatic carbocycles. The van der Waals surface area contributed by atoms with E-state index in [1.807, 2.05) is 26.0 Å². The number of benzene rings is 2. The number of hydrogen-bond acceptors (Lipinski definition) is 4. The van der Waals surface area contributed by atoms with Crippen LogP contribution in [0.25, 0.3) is 0 Å². The highest BCUT2D eigenvalue weighted by Gasteiger charge is 2.31. The molecule has 0 unspecified atom stereocenters. The van der Waals surface area contributed by atoms with Gasteiger partial charge in [0.25, 0.3) is 10.0 Å². The van der Waals surface area contributed by atoms with Crippen molar-refractivity contribution in [3.8, 4) is 0 Å². The molecule has 3 rings (SSSR count). The molecule has 7 nitrogen and oxygen atoms in total. The molecule has 1 heterocycles. The number of likely N-dealkylation sites (tertiary alicyclic amines) is 1. The van der Waals surface area contributed by atoms with Crippen LogP contribution in [0.2, 0.25) is 0 Å². The average molecular weight is 444 g/mol. The van der Waals surface area contributed by atoms with Crippen molar-refractivity contribution in [1.29, 1.82) is 0 Å². The van der Waals surface area contributed by atoms with Gasteiger partial charge < -0.3 is 10.6 Å². The summed E-state index contributed by atoms with van der Waals surface area (Å²) >= 11 is 0. The fraction of sp³-hybridized carbons (Fsp3) is 0.391. The first-order chi connectivity index (χ1) is 14.7. The number of aryl methyl sites for hydroxylation is 2. The van der Waals surface area contributed by atoms with Crippen LogP contribution in [0.5, 0.6) is 0 Å². The molecule has 0 bridgehead atoms. The van der Waals surface area contributed by atoms with Crippen molar-refractivity contribution in [3.05, 3.63) is 59.7 Å². The van der Waals surface area contributed by atoms with Crippen LogP contribution >= 0.6 is 0 Å². The molecule has 0 aromatic heterocycles. The monoisotopic (exact) mass is 443 g/mol. The highest BCUT2D eigenvalue weighted by Crippen LogP contribution is 2.25. The number of piperidine rings is 1. The lowest BCUT2D eigenvalue weighted by Crippen LogP contribution is -2.47. The first-order valence-electron chi connectivity index (χ1n) is 10.5. The summed E-state index contributed by atoms with van der Waals surface area (Å²) in [6.45, 7) is 4.38. The lowest BCUT2D eigenvalue weighted by Gasteiger charge is -2.33. The molecule has 1 fully saturated rings. The van der Waals surface area contributed by atoms with Gasteiger partial charge in [-0.3, -0.25) is 13.9 Å². The summed E-state index contributed by atoms with van der Waals surface area (Å²) < 4.78 is 28.1. The third-order valence-electron chi connectivity index (χ3n) is 5.77. The number of sulfonamides is 1. The number of rotatable bonds is 7. The highest BCUT2D eigenvalue weighted by atomic mass is 32.2. The van der Waals surface area contributed by atoms with Crippen molar-refractivity contribution in [3.63, 3.8) is 0 Å². The molecular formula is C23H29N3O4S. The fourth-order valence-corrected chi connectivity index (χ4v) is 5.10. The van der Waals surface area contributed by atoms with Gasteiger partial charge in [0, 0.05) is 19.0 Å². The van der Waals surface area contributed by atoms with E-state index in [2.05, 4.69) is 0 Å². The van der Waals surface area contributed by atoms with Crippen molar-refractivity contribution < 1.29 is 18.0 Å². The number of nitrogens with two attached hydrogens (primary N) is 1. The SMILES string of the molecule is CCc1ccc(N(CC(=O)N2CCC(C(N)=O)CC2)S(=O)(=O)c2ccc(C)cc2)cc1. The number of amides is 2. The van der Waals surface area contributed by atoms with Gasteiger partial charge >= 0.3 is 0 Å². The maximum Gasteiger partial charge on any atom is 0.264 e. The van der Waals surface area contributed by atoms with Gasteiger partial charge in [0.05, 0.1) is 10.6 Å². The molecule has 1 aliphatic rings. The summed E-state index contributed by atoms with van der Waals surface area (Å²) in [5, 5.41) is 0. The zero-order valence-corrected chi connectivity index (χ0v) is 18.8. The molecule has 0 aliphatic carbocycles. The number of carbonyl (C=O) groups is 2. The van der Waals surface area contributed by atoms with E-state index in [1.165, 1.54) is 4.31 Å². The third kappa shape index (κ3) is 5.25. The number of nitrogens with zero attached hydrogens (tertiary/aromatic N) is 2. The normalized spacial score (nSPS) is 15.0. The molecule has 1 aliphatic heterocycles. The molecule has 0 saturated carbocycles. The van der Waals surface area contributed by atoms with Gasteiger partial charge in [-0.1, -0.05) is 36.8 Å². The second-order valence-electron chi connectivity index (χ2n) is 7.90. The highest BCUT2D eigenvalue weighted by molar-refractivity contribution is 7.92. The standard InChI is InChI=1S/C23H29N3O4S/c1-3-18-6-8-20(9-7-18)26(31(29,30)21-10-4-17(2)5-11-21)16-22(27)25-14-12-19(13-15-25)23(24)28/h4-11,19H,3,12-16H2,1-2H3,(H2,24,28). The quantitative estimate of drug-likeness (QED) is 0.710. The van der Waals surface area contributed by atoms with Gasteiger partial charge in [0.15, 0.2) is 0 Å². The summed E-state index contributed by atoms with van der Waals surface area (Å²) in [6, 6.07) is 13.8. The molecule has 2 amide bonds. The van der Waals surface area contributed by atoms with Gasteiger partial charge in [0.2, 0.25) is 11.8 Å². The molecule has 166 valence electrons. The average Bonchev–Trinajstić information content (AvgIpc) is 2.77. The topological polar surface area (TPSA) is 101 Å². The Hall–Kier alpha value is -2.87. The van der Waals surface area contributed by atoms with Gasteiger partial charge in [-0.05, 0) is 56.0 Å². The molecule has 0 atom stereocenters. The Morgan fingerprint density at radius 2 is 1.61 bits per heavy atom. The van der Waals surface area contributed by atoms with Crippen molar-refractivity contribution in [2.75, 3.05) is 23.9 Å². The van der Waals surface area contributed by atoms with Crippen LogP contribution < -0.4 is 10.0 Å². The van der Waals surface area contributed by atoms with Gasteiger partial charge in [-0.2, -0.15) is 0 Å². The third-order valence-corrected chi connectivity index (χ3v) is 7.56. The molecule has 0 spiro atoms. The van der Waals surface area contributed by atoms with Crippen LogP contribution in [0.4, 0.5) is 5.69 Å². The van der Waals surface area contributed by atoms with E-state index in [0.717, 1.165) is 17.5 Å². The van der Waals surface area contributed by atoms with Crippen LogP contribution in [-0.4, -0.2) is 44.8 Å². The Morgan fingerprint density at radius 3 is 2.13 bits per heavy atom. The van der Waals surface area contributed by atoms with Gasteiger partial charge in [-0.25, -0.2) is 8.42 Å². The van der Waals surface area contributed by atoms with Crippen molar-refractivity contribution in [1.82, 2.24) is 4.90 Å². The number of carbonyl (C=O) groups excluding carboxylic acids is 2. The van der Waals surface area contributed by atoms with Gasteiger partial charge in [0.1, 0.15) is 6.54 Å². The van der Waals surface area contributed by atoms with Crippen LogP contribution in [0.3, 0.4) is 0 Å². The summed E-state index contributed by atoms with van der Waals surface area (Å²) in [6.07, 6.45) is 1.83. The molecule has 2 N–H and O–H groups in total. The summed E-state index contributed by atoms with van der Waals surface area (Å²) in [5.74, 6) is -0.886. The lowest BCUT2D eigenvalue weighted by molar-refractivity contribution is -0.133. The zero-order valence-electron chi connectivity index (χ0n) is 18.0. The summed E-state index contributed by atoms with van der Waals surface area (Å²) in [7, 11) is -3.94. The maximum absolute atomic E-state index is 13.5. The minimum Gasteiger partial charge on any atom is -0.369 e. The van der Waals surface area contributed by atoms with E-state index in [9.17, 15) is 18.0 Å². The smallest absolute Gasteiger partial charge is 0.264 e. The molecule has 8 heteroatoms. The number of anilines is 1. The first-order valence-corrected chi connectivity index (χ1v) is 11.9. The second kappa shape index (κ2) is 9.51. The zero-order chi connectivity index (χ0) is 22.6. The number of primary amides is 1. The van der Waals surface area contributed by atoms with Crippen LogP contribution in [0, 0.1) is 12.8 Å². The van der Waals surface area contributed by atoms with Crippen molar-refractivity contribution in [2.45, 2.75) is 38.0 Å². The van der Waals surface area contributed by atoms with E-state index in [-0.39, 0.29) is 29.2 Å². The Bertz CT molecular complexity index is 1030. The molecule has 1 saturated heterocycles. The van der Waals surface area contributed by atoms with E-state index < -0.39 is 10.0 Å². The first kappa shape index (κ1) is 22.8. The Morgan fingerprint density at radius 1 is 1.03 bits per heavy atom. The van der Waals surface area contributed by atoms with E-state index in [0.29, 0.717) is 31.6 Å². The minimum absolute atomic E-state index is 0.137. The second-order valence-corrected chi connectivity index (χ2v) is 9.76. The van der Waals surface area contributed by atoms with Crippen LogP contribution in [-0.2, 0) is 26.0 Å². The van der Waals surface area contributed by atoms with E-state index in [1.54, 1.807) is 41.3 Å². The number of hydrogen-bond donors (Lipinski definition) is 1. The summed E-state index contributed by atoms with van der Waals surface area (Å²) in [5.41, 5.74) is 7.84. The van der Waals surface area contributed by atoms with Crippen LogP contribution in [0.15, 0.2) is 53.4 Å². The molecule has 2 aromatic rings. The minimum atomic E-state index is -3.94. The van der Waals surface area contributed by atoms with E-state index in [4.69, 9.17) is 5.73 Å². The molecule has 0 radical (unpaired) electrons. The Kier molecular flexibility index (Phi) is 7.00.